The molecule has 0 aliphatic carbocycles. The number of esters is 1. The van der Waals surface area contributed by atoms with Crippen LogP contribution in [0.2, 0.25) is 10.0 Å². The van der Waals surface area contributed by atoms with Crippen molar-refractivity contribution in [2.75, 3.05) is 17.7 Å². The van der Waals surface area contributed by atoms with E-state index in [2.05, 4.69) is 15.4 Å². The van der Waals surface area contributed by atoms with Gasteiger partial charge in [-0.05, 0) is 24.3 Å². The highest BCUT2D eigenvalue weighted by Crippen LogP contribution is 2.29. The molecule has 0 saturated heterocycles. The second-order valence-electron chi connectivity index (χ2n) is 4.22. The van der Waals surface area contributed by atoms with E-state index in [1.54, 1.807) is 42.5 Å². The molecule has 0 unspecified atom stereocenters. The summed E-state index contributed by atoms with van der Waals surface area (Å²) in [6, 6.07) is 10.8. The number of amides is 2. The van der Waals surface area contributed by atoms with Gasteiger partial charge in [0.2, 0.25) is 0 Å². The summed E-state index contributed by atoms with van der Waals surface area (Å²) < 4.78 is 4.66. The Bertz CT molecular complexity index is 720. The molecule has 7 heteroatoms. The van der Waals surface area contributed by atoms with Gasteiger partial charge in [-0.1, -0.05) is 41.4 Å². The minimum atomic E-state index is -0.555. The molecule has 0 spiro atoms. The molecule has 0 bridgehead atoms. The van der Waals surface area contributed by atoms with Gasteiger partial charge in [-0.25, -0.2) is 9.59 Å². The van der Waals surface area contributed by atoms with Gasteiger partial charge in [0.15, 0.2) is 0 Å². The summed E-state index contributed by atoms with van der Waals surface area (Å²) in [5.74, 6) is -0.545. The number of hydrogen-bond acceptors (Lipinski definition) is 3. The summed E-state index contributed by atoms with van der Waals surface area (Å²) >= 11 is 11.9. The molecule has 0 aliphatic heterocycles. The van der Waals surface area contributed by atoms with Crippen LogP contribution in [0.5, 0.6) is 0 Å². The summed E-state index contributed by atoms with van der Waals surface area (Å²) in [5.41, 5.74) is 0.935. The number of halogens is 2. The van der Waals surface area contributed by atoms with Crippen molar-refractivity contribution >= 4 is 46.6 Å². The summed E-state index contributed by atoms with van der Waals surface area (Å²) in [6.45, 7) is 0. The predicted octanol–water partition coefficient (Wildman–Crippen LogP) is 4.42. The normalized spacial score (nSPS) is 9.95. The van der Waals surface area contributed by atoms with Gasteiger partial charge >= 0.3 is 12.0 Å². The summed E-state index contributed by atoms with van der Waals surface area (Å²) in [5, 5.41) is 5.70. The van der Waals surface area contributed by atoms with Crippen LogP contribution in [0.1, 0.15) is 10.4 Å². The van der Waals surface area contributed by atoms with E-state index in [1.165, 1.54) is 7.11 Å². The lowest BCUT2D eigenvalue weighted by molar-refractivity contribution is 0.0602. The lowest BCUT2D eigenvalue weighted by Crippen LogP contribution is -2.21. The van der Waals surface area contributed by atoms with Crippen molar-refractivity contribution in [3.63, 3.8) is 0 Å². The van der Waals surface area contributed by atoms with Crippen LogP contribution in [0.3, 0.4) is 0 Å². The summed E-state index contributed by atoms with van der Waals surface area (Å²) in [6.07, 6.45) is 0. The molecule has 0 heterocycles. The van der Waals surface area contributed by atoms with Gasteiger partial charge in [0.1, 0.15) is 0 Å². The third-order valence-corrected chi connectivity index (χ3v) is 3.60. The van der Waals surface area contributed by atoms with Crippen LogP contribution in [0.25, 0.3) is 0 Å². The van der Waals surface area contributed by atoms with Crippen molar-refractivity contribution in [1.29, 1.82) is 0 Å². The van der Waals surface area contributed by atoms with Crippen LogP contribution < -0.4 is 10.6 Å². The van der Waals surface area contributed by atoms with Gasteiger partial charge in [0.25, 0.3) is 0 Å². The van der Waals surface area contributed by atoms with E-state index in [-0.39, 0.29) is 10.6 Å². The Kier molecular flexibility index (Phi) is 5.25. The van der Waals surface area contributed by atoms with E-state index in [1.807, 2.05) is 0 Å². The van der Waals surface area contributed by atoms with Crippen LogP contribution in [-0.4, -0.2) is 19.1 Å². The second-order valence-corrected chi connectivity index (χ2v) is 5.00. The molecule has 2 aromatic rings. The van der Waals surface area contributed by atoms with Crippen molar-refractivity contribution < 1.29 is 14.3 Å². The zero-order valence-corrected chi connectivity index (χ0v) is 13.0. The van der Waals surface area contributed by atoms with Gasteiger partial charge in [0.05, 0.1) is 34.1 Å². The van der Waals surface area contributed by atoms with Gasteiger partial charge in [-0.2, -0.15) is 0 Å². The number of methoxy groups -OCH3 is 1. The minimum Gasteiger partial charge on any atom is -0.465 e. The van der Waals surface area contributed by atoms with Crippen molar-refractivity contribution in [3.05, 3.63) is 58.1 Å². The molecule has 22 heavy (non-hydrogen) atoms. The number of carbonyl (C=O) groups excluding carboxylic acids is 2. The molecule has 2 rings (SSSR count). The highest BCUT2D eigenvalue weighted by atomic mass is 35.5. The Morgan fingerprint density at radius 1 is 0.955 bits per heavy atom. The molecule has 5 nitrogen and oxygen atoms in total. The quantitative estimate of drug-likeness (QED) is 0.813. The van der Waals surface area contributed by atoms with E-state index >= 15 is 0 Å². The van der Waals surface area contributed by atoms with E-state index in [0.717, 1.165) is 0 Å². The van der Waals surface area contributed by atoms with Crippen molar-refractivity contribution in [2.24, 2.45) is 0 Å². The van der Waals surface area contributed by atoms with Crippen LogP contribution in [0.15, 0.2) is 42.5 Å². The topological polar surface area (TPSA) is 67.4 Å². The third-order valence-electron chi connectivity index (χ3n) is 2.78. The average Bonchev–Trinajstić information content (AvgIpc) is 2.51. The Balaban J connectivity index is 2.16. The standard InChI is InChI=1S/C15H12Cl2N2O3/c1-22-14(20)9-5-2-3-7-11(9)18-15(21)19-12-8-4-6-10(16)13(12)17/h2-8H,1H3,(H2,18,19,21). The lowest BCUT2D eigenvalue weighted by Gasteiger charge is -2.12. The maximum Gasteiger partial charge on any atom is 0.339 e. The first-order valence-corrected chi connectivity index (χ1v) is 6.98. The first-order chi connectivity index (χ1) is 10.5. The fourth-order valence-electron chi connectivity index (χ4n) is 1.76. The van der Waals surface area contributed by atoms with Crippen LogP contribution in [0.4, 0.5) is 16.2 Å². The number of nitrogens with one attached hydrogen (secondary N) is 2. The molecule has 2 aromatic carbocycles. The molecular formula is C15H12Cl2N2O3. The van der Waals surface area contributed by atoms with Crippen molar-refractivity contribution in [2.45, 2.75) is 0 Å². The van der Waals surface area contributed by atoms with Gasteiger partial charge in [-0.15, -0.1) is 0 Å². The lowest BCUT2D eigenvalue weighted by atomic mass is 10.2. The molecule has 0 atom stereocenters. The van der Waals surface area contributed by atoms with Crippen LogP contribution in [0, 0.1) is 0 Å². The van der Waals surface area contributed by atoms with E-state index in [4.69, 9.17) is 23.2 Å². The second kappa shape index (κ2) is 7.15. The van der Waals surface area contributed by atoms with Crippen molar-refractivity contribution in [3.8, 4) is 0 Å². The van der Waals surface area contributed by atoms with E-state index in [0.29, 0.717) is 16.4 Å². The third kappa shape index (κ3) is 3.69. The number of ether oxygens (including phenoxy) is 1. The Morgan fingerprint density at radius 3 is 2.32 bits per heavy atom. The monoisotopic (exact) mass is 338 g/mol. The molecule has 0 fully saturated rings. The largest absolute Gasteiger partial charge is 0.465 e. The highest BCUT2D eigenvalue weighted by Gasteiger charge is 2.14. The Labute approximate surface area is 137 Å². The number of benzene rings is 2. The number of urea groups is 1. The fraction of sp³-hybridized carbons (Fsp3) is 0.0667. The average molecular weight is 339 g/mol. The molecule has 2 N–H and O–H groups in total. The zero-order chi connectivity index (χ0) is 16.1. The Hall–Kier alpha value is -2.24. The SMILES string of the molecule is COC(=O)c1ccccc1NC(=O)Nc1cccc(Cl)c1Cl. The maximum atomic E-state index is 12.0. The first-order valence-electron chi connectivity index (χ1n) is 6.22. The summed E-state index contributed by atoms with van der Waals surface area (Å²) in [7, 11) is 1.27. The highest BCUT2D eigenvalue weighted by molar-refractivity contribution is 6.44. The number of hydrogen-bond donors (Lipinski definition) is 2. The molecule has 0 saturated carbocycles. The molecule has 0 radical (unpaired) electrons. The Morgan fingerprint density at radius 2 is 1.59 bits per heavy atom. The molecule has 0 aliphatic rings. The number of rotatable bonds is 3. The van der Waals surface area contributed by atoms with Crippen LogP contribution >= 0.6 is 23.2 Å². The molecule has 2 amide bonds. The predicted molar refractivity (Wildman–Crippen MR) is 86.9 cm³/mol. The fourth-order valence-corrected chi connectivity index (χ4v) is 2.10. The maximum absolute atomic E-state index is 12.0. The van der Waals surface area contributed by atoms with Crippen LogP contribution in [-0.2, 0) is 4.74 Å². The van der Waals surface area contributed by atoms with Crippen molar-refractivity contribution in [1.82, 2.24) is 0 Å². The number of anilines is 2. The van der Waals surface area contributed by atoms with Gasteiger partial charge in [-0.3, -0.25) is 0 Å². The smallest absolute Gasteiger partial charge is 0.339 e. The van der Waals surface area contributed by atoms with Gasteiger partial charge < -0.3 is 15.4 Å². The molecule has 0 aromatic heterocycles. The van der Waals surface area contributed by atoms with E-state index in [9.17, 15) is 9.59 Å². The molecular weight excluding hydrogens is 327 g/mol. The van der Waals surface area contributed by atoms with Gasteiger partial charge in [0, 0.05) is 0 Å². The minimum absolute atomic E-state index is 0.237. The number of carbonyl (C=O) groups is 2. The first kappa shape index (κ1) is 16.1. The molecule has 114 valence electrons. The summed E-state index contributed by atoms with van der Waals surface area (Å²) in [4.78, 5) is 23.7. The van der Waals surface area contributed by atoms with E-state index < -0.39 is 12.0 Å². The number of para-hydroxylation sites is 1. The zero-order valence-electron chi connectivity index (χ0n) is 11.5.